The Morgan fingerprint density at radius 2 is 1.62 bits per heavy atom. The average Bonchev–Trinajstić information content (AvgIpc) is 3.44. The van der Waals surface area contributed by atoms with Crippen LogP contribution in [-0.2, 0) is 27.1 Å². The van der Waals surface area contributed by atoms with Crippen LogP contribution in [0.1, 0.15) is 0 Å². The van der Waals surface area contributed by atoms with Gasteiger partial charge < -0.3 is 10.0 Å². The molecule has 1 aliphatic heterocycles. The summed E-state index contributed by atoms with van der Waals surface area (Å²) in [5.74, 6) is -0.686. The average molecular weight is 456 g/mol. The number of hydrogen-bond donors (Lipinski definition) is 0. The van der Waals surface area contributed by atoms with Crippen LogP contribution in [0.4, 0.5) is 4.39 Å². The summed E-state index contributed by atoms with van der Waals surface area (Å²) in [6.45, 7) is 1.04. The first-order valence-corrected chi connectivity index (χ1v) is 10.4. The molecule has 4 rings (SSSR count). The minimum absolute atomic E-state index is 0. The first-order valence-electron chi connectivity index (χ1n) is 8.92. The zero-order chi connectivity index (χ0) is 20.0. The summed E-state index contributed by atoms with van der Waals surface area (Å²) in [7, 11) is -3.73. The van der Waals surface area contributed by atoms with Crippen LogP contribution in [0, 0.1) is 5.82 Å². The van der Waals surface area contributed by atoms with Gasteiger partial charge in [0.2, 0.25) is 10.0 Å². The van der Waals surface area contributed by atoms with Crippen molar-refractivity contribution in [1.29, 1.82) is 0 Å². The normalized spacial score (nSPS) is 16.2. The predicted molar refractivity (Wildman–Crippen MR) is 104 cm³/mol. The van der Waals surface area contributed by atoms with E-state index in [1.54, 1.807) is 29.2 Å². The molecule has 1 aliphatic carbocycles. The summed E-state index contributed by atoms with van der Waals surface area (Å²) in [6, 6.07) is 15.0. The molecule has 0 atom stereocenters. The number of piperazine rings is 1. The van der Waals surface area contributed by atoms with Crippen LogP contribution >= 0.6 is 0 Å². The van der Waals surface area contributed by atoms with Crippen LogP contribution in [0.3, 0.4) is 0 Å². The smallest absolute Gasteiger partial charge is 0.860 e. The summed E-state index contributed by atoms with van der Waals surface area (Å²) < 4.78 is 39.5. The maximum Gasteiger partial charge on any atom is 2.00 e. The Bertz CT molecular complexity index is 946. The Kier molecular flexibility index (Phi) is 8.34. The zero-order valence-corrected chi connectivity index (χ0v) is 17.5. The van der Waals surface area contributed by atoms with Gasteiger partial charge in [0.15, 0.2) is 0 Å². The van der Waals surface area contributed by atoms with E-state index in [9.17, 15) is 17.9 Å². The number of hydrogen-bond acceptors (Lipinski definition) is 4. The van der Waals surface area contributed by atoms with Gasteiger partial charge in [-0.15, -0.1) is 0 Å². The minimum Gasteiger partial charge on any atom is -0.860 e. The summed E-state index contributed by atoms with van der Waals surface area (Å²) in [6.07, 6.45) is 7.05. The molecule has 0 radical (unpaired) electrons. The molecule has 5 nitrogen and oxygen atoms in total. The van der Waals surface area contributed by atoms with E-state index in [0.717, 1.165) is 6.07 Å². The minimum atomic E-state index is -3.73. The first-order chi connectivity index (χ1) is 13.5. The first kappa shape index (κ1) is 23.0. The van der Waals surface area contributed by atoms with Gasteiger partial charge in [-0.05, 0) is 29.7 Å². The Labute approximate surface area is 181 Å². The fraction of sp³-hybridized carbons (Fsp3) is 0.190. The van der Waals surface area contributed by atoms with E-state index in [0.29, 0.717) is 18.7 Å². The van der Waals surface area contributed by atoms with Crippen molar-refractivity contribution < 1.29 is 35.0 Å². The Hall–Kier alpha value is -2.25. The summed E-state index contributed by atoms with van der Waals surface area (Å²) in [4.78, 5) is 1.57. The molecular formula is C21H21FFeN2O3S. The molecule has 1 fully saturated rings. The monoisotopic (exact) mass is 456 g/mol. The van der Waals surface area contributed by atoms with E-state index < -0.39 is 15.8 Å². The van der Waals surface area contributed by atoms with E-state index in [4.69, 9.17) is 0 Å². The van der Waals surface area contributed by atoms with Crippen molar-refractivity contribution in [2.24, 2.45) is 0 Å². The third kappa shape index (κ3) is 5.87. The number of rotatable bonds is 3. The van der Waals surface area contributed by atoms with Crippen molar-refractivity contribution in [2.75, 3.05) is 26.2 Å². The maximum absolute atomic E-state index is 13.3. The standard InChI is InChI=1S/C16H17FN2O3S.C5H5.Fe/c17-14-6-3-7-15(12-14)23(21,22)19-10-8-18(9-11-19)16(20)13-4-1-2-5-13;1-2-4-5-3-1;/h1-7,12,20H,8-11H2;1-5H;/q;-1;+2/p-1. The van der Waals surface area contributed by atoms with Crippen molar-refractivity contribution in [1.82, 2.24) is 9.21 Å². The van der Waals surface area contributed by atoms with E-state index >= 15 is 0 Å². The van der Waals surface area contributed by atoms with Crippen molar-refractivity contribution in [3.63, 3.8) is 0 Å². The molecular weight excluding hydrogens is 435 g/mol. The summed E-state index contributed by atoms with van der Waals surface area (Å²) in [5, 5.41) is 12.2. The van der Waals surface area contributed by atoms with Crippen LogP contribution in [0.2, 0.25) is 0 Å². The van der Waals surface area contributed by atoms with Gasteiger partial charge in [0, 0.05) is 26.2 Å². The van der Waals surface area contributed by atoms with Crippen LogP contribution in [0.25, 0.3) is 0 Å². The molecule has 2 aliphatic rings. The van der Waals surface area contributed by atoms with Crippen LogP contribution < -0.4 is 5.11 Å². The van der Waals surface area contributed by atoms with Gasteiger partial charge in [0.25, 0.3) is 0 Å². The van der Waals surface area contributed by atoms with Crippen molar-refractivity contribution in [3.8, 4) is 0 Å². The topological polar surface area (TPSA) is 63.7 Å². The predicted octanol–water partition coefficient (Wildman–Crippen LogP) is 2.23. The molecule has 0 spiro atoms. The fourth-order valence-corrected chi connectivity index (χ4v) is 4.38. The molecule has 1 saturated heterocycles. The van der Waals surface area contributed by atoms with Crippen LogP contribution in [0.5, 0.6) is 0 Å². The molecule has 1 heterocycles. The van der Waals surface area contributed by atoms with Gasteiger partial charge in [-0.25, -0.2) is 24.9 Å². The van der Waals surface area contributed by atoms with Gasteiger partial charge in [-0.3, -0.25) is 0 Å². The second kappa shape index (κ2) is 10.5. The molecule has 0 aromatic heterocycles. The van der Waals surface area contributed by atoms with Gasteiger partial charge in [-0.1, -0.05) is 30.4 Å². The van der Waals surface area contributed by atoms with E-state index in [1.165, 1.54) is 22.5 Å². The SMILES string of the molecule is O=S(=O)(c1cccc(F)c1)N1CCN(C([O-])=C2C=CC=C2)CC1.[Fe+2].c1cc[cH-]c1. The second-order valence-electron chi connectivity index (χ2n) is 6.29. The van der Waals surface area contributed by atoms with Crippen LogP contribution in [0.15, 0.2) is 95.3 Å². The molecule has 0 unspecified atom stereocenters. The Balaban J connectivity index is 0.000000437. The molecule has 8 heteroatoms. The number of allylic oxidation sites excluding steroid dienone is 5. The molecule has 2 aromatic rings. The third-order valence-electron chi connectivity index (χ3n) is 4.42. The van der Waals surface area contributed by atoms with E-state index in [2.05, 4.69) is 0 Å². The number of halogens is 1. The fourth-order valence-electron chi connectivity index (χ4n) is 2.93. The second-order valence-corrected chi connectivity index (χ2v) is 8.23. The molecule has 0 amide bonds. The summed E-state index contributed by atoms with van der Waals surface area (Å²) in [5.41, 5.74) is 0.603. The quantitative estimate of drug-likeness (QED) is 0.404. The van der Waals surface area contributed by atoms with Gasteiger partial charge in [0.05, 0.1) is 4.90 Å². The Morgan fingerprint density at radius 1 is 1.00 bits per heavy atom. The number of benzene rings is 1. The molecule has 29 heavy (non-hydrogen) atoms. The number of nitrogens with zero attached hydrogens (tertiary/aromatic N) is 2. The van der Waals surface area contributed by atoms with Crippen molar-refractivity contribution >= 4 is 10.0 Å². The molecule has 0 saturated carbocycles. The Morgan fingerprint density at radius 3 is 2.14 bits per heavy atom. The zero-order valence-electron chi connectivity index (χ0n) is 15.6. The third-order valence-corrected chi connectivity index (χ3v) is 6.32. The van der Waals surface area contributed by atoms with Crippen molar-refractivity contribution in [2.45, 2.75) is 4.90 Å². The molecule has 0 N–H and O–H groups in total. The van der Waals surface area contributed by atoms with Gasteiger partial charge in [-0.2, -0.15) is 22.5 Å². The van der Waals surface area contributed by atoms with E-state index in [-0.39, 0.29) is 40.9 Å². The van der Waals surface area contributed by atoms with Gasteiger partial charge >= 0.3 is 17.1 Å². The van der Waals surface area contributed by atoms with Crippen LogP contribution in [-0.4, -0.2) is 43.8 Å². The van der Waals surface area contributed by atoms with Gasteiger partial charge in [0.1, 0.15) is 5.82 Å². The molecule has 2 aromatic carbocycles. The van der Waals surface area contributed by atoms with Crippen molar-refractivity contribution in [3.05, 3.63) is 96.2 Å². The largest absolute Gasteiger partial charge is 2.00 e. The molecule has 154 valence electrons. The van der Waals surface area contributed by atoms with E-state index in [1.807, 2.05) is 30.3 Å². The summed E-state index contributed by atoms with van der Waals surface area (Å²) >= 11 is 0. The maximum atomic E-state index is 13.3. The molecule has 0 bridgehead atoms. The number of sulfonamides is 1.